The molecule has 0 saturated carbocycles. The second-order valence-corrected chi connectivity index (χ2v) is 14.1. The van der Waals surface area contributed by atoms with E-state index in [2.05, 4.69) is 60.3 Å². The highest BCUT2D eigenvalue weighted by Gasteiger charge is 2.28. The maximum atomic E-state index is 12.7. The number of carbonyl (C=O) groups excluding carboxylic acids is 2. The van der Waals surface area contributed by atoms with Crippen molar-refractivity contribution in [2.24, 2.45) is 28.6 Å². The van der Waals surface area contributed by atoms with E-state index < -0.39 is 0 Å². The van der Waals surface area contributed by atoms with Gasteiger partial charge in [0.05, 0.1) is 12.6 Å². The molecule has 1 aromatic rings. The molecule has 0 bridgehead atoms. The Morgan fingerprint density at radius 1 is 1.11 bits per heavy atom. The van der Waals surface area contributed by atoms with E-state index in [1.54, 1.807) is 6.08 Å². The lowest BCUT2D eigenvalue weighted by Crippen LogP contribution is -2.40. The first-order valence-electron chi connectivity index (χ1n) is 15.9. The number of nitrogen functional groups attached to an aromatic ring is 1. The summed E-state index contributed by atoms with van der Waals surface area (Å²) < 4.78 is 1.99. The lowest BCUT2D eigenvalue weighted by molar-refractivity contribution is -0.147. The SMILES string of the molecule is C=Cc1cc(CN(C(C)=O)C(=O)C(C)C(C)C)n(CC(C)(C)C)c1N.CC.CC(C)CC#N.CCC(C)(C)/C=C\C=C(/C)Cl. The number of halogens is 1. The number of nitrogens with two attached hydrogens (primary N) is 1. The number of nitrogens with zero attached hydrogens (tertiary/aromatic N) is 3. The highest BCUT2D eigenvalue weighted by molar-refractivity contribution is 6.29. The molecule has 2 amide bonds. The monoisotopic (exact) mass is 632 g/mol. The van der Waals surface area contributed by atoms with Gasteiger partial charge in [0.2, 0.25) is 11.8 Å². The lowest BCUT2D eigenvalue weighted by Gasteiger charge is -2.27. The van der Waals surface area contributed by atoms with Crippen molar-refractivity contribution in [1.29, 1.82) is 5.26 Å². The van der Waals surface area contributed by atoms with E-state index >= 15 is 0 Å². The molecule has 252 valence electrons. The van der Waals surface area contributed by atoms with Gasteiger partial charge in [-0.05, 0) is 48.2 Å². The normalized spacial score (nSPS) is 12.2. The summed E-state index contributed by atoms with van der Waals surface area (Å²) in [5, 5.41) is 8.81. The molecule has 1 aromatic heterocycles. The van der Waals surface area contributed by atoms with Gasteiger partial charge in [-0.3, -0.25) is 14.5 Å². The Bertz CT molecular complexity index is 1090. The van der Waals surface area contributed by atoms with Gasteiger partial charge in [-0.15, -0.1) is 0 Å². The summed E-state index contributed by atoms with van der Waals surface area (Å²) in [6, 6.07) is 3.98. The standard InChI is InChI=1S/C20H33N3O2.C10H17Cl.C5H9N.C2H6/c1-9-16-10-17(23(18(16)21)12-20(6,7)8)11-22(15(5)24)19(25)14(4)13(2)3;1-5-10(3,4)8-6-7-9(2)11;1-5(2)3-4-6;1-2/h9-10,13-14H,1,11-12,21H2,2-8H3;6-8H,5H2,1-4H3;5H,3H2,1-2H3;1-2H3/b;8-6-,9-7+;;. The van der Waals surface area contributed by atoms with Crippen LogP contribution < -0.4 is 5.73 Å². The third-order valence-electron chi connectivity index (χ3n) is 6.75. The van der Waals surface area contributed by atoms with Crippen molar-refractivity contribution < 1.29 is 9.59 Å². The lowest BCUT2D eigenvalue weighted by atomic mass is 9.90. The number of imide groups is 1. The number of hydrogen-bond acceptors (Lipinski definition) is 4. The van der Waals surface area contributed by atoms with E-state index in [4.69, 9.17) is 22.6 Å². The van der Waals surface area contributed by atoms with Crippen LogP contribution in [0, 0.1) is 39.9 Å². The molecule has 2 N–H and O–H groups in total. The molecule has 0 aromatic carbocycles. The molecule has 0 spiro atoms. The maximum Gasteiger partial charge on any atom is 0.232 e. The first kappa shape index (κ1) is 45.6. The minimum absolute atomic E-state index is 0.0105. The quantitative estimate of drug-likeness (QED) is 0.260. The molecule has 0 radical (unpaired) electrons. The summed E-state index contributed by atoms with van der Waals surface area (Å²) in [5.41, 5.74) is 8.24. The number of amides is 2. The number of rotatable bonds is 10. The summed E-state index contributed by atoms with van der Waals surface area (Å²) in [5.74, 6) is 0.711. The molecule has 1 heterocycles. The zero-order valence-electron chi connectivity index (χ0n) is 30.8. The highest BCUT2D eigenvalue weighted by atomic mass is 35.5. The molecule has 7 heteroatoms. The summed E-state index contributed by atoms with van der Waals surface area (Å²) in [6.07, 6.45) is 9.65. The van der Waals surface area contributed by atoms with Gasteiger partial charge in [0, 0.05) is 42.1 Å². The number of nitriles is 1. The fraction of sp³-hybridized carbons (Fsp3) is 0.649. The van der Waals surface area contributed by atoms with Crippen LogP contribution in [0.1, 0.15) is 128 Å². The smallest absolute Gasteiger partial charge is 0.232 e. The van der Waals surface area contributed by atoms with Crippen LogP contribution in [0.5, 0.6) is 0 Å². The minimum atomic E-state index is -0.250. The third kappa shape index (κ3) is 20.2. The Morgan fingerprint density at radius 3 is 1.95 bits per heavy atom. The number of allylic oxidation sites excluding steroid dienone is 4. The first-order chi connectivity index (χ1) is 20.1. The van der Waals surface area contributed by atoms with Crippen LogP contribution >= 0.6 is 11.6 Å². The molecule has 1 unspecified atom stereocenters. The Labute approximate surface area is 276 Å². The average molecular weight is 633 g/mol. The van der Waals surface area contributed by atoms with Crippen molar-refractivity contribution in [3.05, 3.63) is 47.2 Å². The molecule has 0 fully saturated rings. The topological polar surface area (TPSA) is 92.1 Å². The van der Waals surface area contributed by atoms with Crippen molar-refractivity contribution in [1.82, 2.24) is 9.47 Å². The van der Waals surface area contributed by atoms with Gasteiger partial charge < -0.3 is 10.3 Å². The Morgan fingerprint density at radius 2 is 1.64 bits per heavy atom. The van der Waals surface area contributed by atoms with E-state index in [-0.39, 0.29) is 35.6 Å². The van der Waals surface area contributed by atoms with Crippen molar-refractivity contribution in [2.75, 3.05) is 5.73 Å². The molecule has 1 atom stereocenters. The van der Waals surface area contributed by atoms with Crippen LogP contribution in [-0.4, -0.2) is 21.3 Å². The second-order valence-electron chi connectivity index (χ2n) is 13.5. The predicted octanol–water partition coefficient (Wildman–Crippen LogP) is 10.6. The number of hydrogen-bond donors (Lipinski definition) is 1. The van der Waals surface area contributed by atoms with Crippen LogP contribution in [0.2, 0.25) is 0 Å². The van der Waals surface area contributed by atoms with Crippen LogP contribution in [0.25, 0.3) is 6.08 Å². The van der Waals surface area contributed by atoms with Gasteiger partial charge in [0.15, 0.2) is 0 Å². The van der Waals surface area contributed by atoms with Crippen LogP contribution in [0.15, 0.2) is 35.9 Å². The number of anilines is 1. The van der Waals surface area contributed by atoms with E-state index in [0.717, 1.165) is 22.7 Å². The molecule has 0 aliphatic rings. The maximum absolute atomic E-state index is 12.7. The summed E-state index contributed by atoms with van der Waals surface area (Å²) in [6.45, 7) is 34.9. The van der Waals surface area contributed by atoms with E-state index in [9.17, 15) is 9.59 Å². The predicted molar refractivity (Wildman–Crippen MR) is 193 cm³/mol. The van der Waals surface area contributed by atoms with Gasteiger partial charge in [-0.2, -0.15) is 5.26 Å². The fourth-order valence-electron chi connectivity index (χ4n) is 3.38. The van der Waals surface area contributed by atoms with E-state index in [0.29, 0.717) is 30.1 Å². The first-order valence-corrected chi connectivity index (χ1v) is 16.3. The van der Waals surface area contributed by atoms with Gasteiger partial charge >= 0.3 is 0 Å². The van der Waals surface area contributed by atoms with Gasteiger partial charge in [0.25, 0.3) is 0 Å². The van der Waals surface area contributed by atoms with Crippen LogP contribution in [-0.2, 0) is 22.7 Å². The molecule has 0 aliphatic carbocycles. The van der Waals surface area contributed by atoms with Gasteiger partial charge in [0.1, 0.15) is 5.82 Å². The van der Waals surface area contributed by atoms with E-state index in [1.807, 2.05) is 78.2 Å². The molecular weight excluding hydrogens is 568 g/mol. The number of carbonyl (C=O) groups is 2. The van der Waals surface area contributed by atoms with Crippen LogP contribution in [0.3, 0.4) is 0 Å². The van der Waals surface area contributed by atoms with Crippen molar-refractivity contribution >= 4 is 35.3 Å². The van der Waals surface area contributed by atoms with E-state index in [1.165, 1.54) is 11.8 Å². The molecule has 0 saturated heterocycles. The zero-order valence-corrected chi connectivity index (χ0v) is 31.5. The van der Waals surface area contributed by atoms with Crippen molar-refractivity contribution in [3.8, 4) is 6.07 Å². The molecular formula is C37H65ClN4O2. The summed E-state index contributed by atoms with van der Waals surface area (Å²) in [7, 11) is 0. The Hall–Kier alpha value is -2.78. The average Bonchev–Trinajstić information content (AvgIpc) is 3.20. The van der Waals surface area contributed by atoms with Crippen LogP contribution in [0.4, 0.5) is 5.82 Å². The highest BCUT2D eigenvalue weighted by Crippen LogP contribution is 2.27. The Balaban J connectivity index is -0.000000727. The number of aromatic nitrogens is 1. The largest absolute Gasteiger partial charge is 0.385 e. The second kappa shape index (κ2) is 22.7. The van der Waals surface area contributed by atoms with Crippen molar-refractivity contribution in [2.45, 2.75) is 130 Å². The third-order valence-corrected chi connectivity index (χ3v) is 6.87. The molecule has 0 aliphatic heterocycles. The summed E-state index contributed by atoms with van der Waals surface area (Å²) >= 11 is 5.66. The molecule has 44 heavy (non-hydrogen) atoms. The van der Waals surface area contributed by atoms with Gasteiger partial charge in [-0.25, -0.2) is 0 Å². The fourth-order valence-corrected chi connectivity index (χ4v) is 3.45. The zero-order chi connectivity index (χ0) is 35.4. The summed E-state index contributed by atoms with van der Waals surface area (Å²) in [4.78, 5) is 26.2. The minimum Gasteiger partial charge on any atom is -0.385 e. The molecule has 1 rings (SSSR count). The molecule has 6 nitrogen and oxygen atoms in total. The Kier molecular flexibility index (Phi) is 23.5. The van der Waals surface area contributed by atoms with Gasteiger partial charge in [-0.1, -0.05) is 126 Å². The van der Waals surface area contributed by atoms with Crippen molar-refractivity contribution in [3.63, 3.8) is 0 Å².